The van der Waals surface area contributed by atoms with Gasteiger partial charge in [0.1, 0.15) is 0 Å². The van der Waals surface area contributed by atoms with Crippen molar-refractivity contribution in [1.82, 2.24) is 25.1 Å². The Morgan fingerprint density at radius 3 is 2.83 bits per heavy atom. The number of aromatic nitrogens is 4. The first-order chi connectivity index (χ1) is 14.6. The molecule has 3 N–H and O–H groups in total. The number of anilines is 1. The number of hydrogen-bond acceptors (Lipinski definition) is 4. The van der Waals surface area contributed by atoms with Crippen molar-refractivity contribution in [1.29, 1.82) is 0 Å². The molecule has 4 rings (SSSR count). The number of aromatic amines is 1. The van der Waals surface area contributed by atoms with Crippen molar-refractivity contribution in [2.24, 2.45) is 0 Å². The number of benzene rings is 1. The zero-order chi connectivity index (χ0) is 20.9. The summed E-state index contributed by atoms with van der Waals surface area (Å²) in [4.78, 5) is 33.2. The molecule has 8 nitrogen and oxygen atoms in total. The summed E-state index contributed by atoms with van der Waals surface area (Å²) in [6.45, 7) is 2.25. The second kappa shape index (κ2) is 8.44. The van der Waals surface area contributed by atoms with E-state index in [0.29, 0.717) is 11.4 Å². The van der Waals surface area contributed by atoms with E-state index in [4.69, 9.17) is 0 Å². The van der Waals surface area contributed by atoms with Gasteiger partial charge in [0.05, 0.1) is 5.56 Å². The predicted octanol–water partition coefficient (Wildman–Crippen LogP) is 3.25. The van der Waals surface area contributed by atoms with Gasteiger partial charge in [0.15, 0.2) is 5.82 Å². The zero-order valence-electron chi connectivity index (χ0n) is 16.3. The first-order valence-corrected chi connectivity index (χ1v) is 9.38. The molecule has 0 aliphatic rings. The Morgan fingerprint density at radius 2 is 2.03 bits per heavy atom. The molecule has 150 valence electrons. The molecule has 4 aromatic rings. The predicted molar refractivity (Wildman–Crippen MR) is 114 cm³/mol. The molecule has 0 bridgehead atoms. The number of hydrogen-bond donors (Lipinski definition) is 3. The lowest BCUT2D eigenvalue weighted by atomic mass is 10.2. The molecule has 0 atom stereocenters. The Bertz CT molecular complexity index is 1230. The number of carbonyl (C=O) groups excluding carboxylic acids is 1. The molecule has 0 radical (unpaired) electrons. The Balaban J connectivity index is 1.46. The summed E-state index contributed by atoms with van der Waals surface area (Å²) < 4.78 is 1.36. The van der Waals surface area contributed by atoms with E-state index in [1.54, 1.807) is 43.0 Å². The van der Waals surface area contributed by atoms with Crippen LogP contribution >= 0.6 is 0 Å². The maximum absolute atomic E-state index is 12.8. The topological polar surface area (TPSA) is 105 Å². The van der Waals surface area contributed by atoms with E-state index in [2.05, 4.69) is 25.7 Å². The van der Waals surface area contributed by atoms with Crippen LogP contribution in [0.25, 0.3) is 16.9 Å². The van der Waals surface area contributed by atoms with E-state index in [1.165, 1.54) is 4.68 Å². The monoisotopic (exact) mass is 400 g/mol. The van der Waals surface area contributed by atoms with E-state index in [0.717, 1.165) is 22.4 Å². The van der Waals surface area contributed by atoms with Crippen LogP contribution in [0.3, 0.4) is 0 Å². The number of nitrogens with one attached hydrogen (secondary N) is 3. The molecule has 0 unspecified atom stereocenters. The van der Waals surface area contributed by atoms with Crippen molar-refractivity contribution >= 4 is 11.7 Å². The molecule has 0 aliphatic carbocycles. The van der Waals surface area contributed by atoms with E-state index >= 15 is 0 Å². The maximum Gasteiger partial charge on any atom is 0.319 e. The van der Waals surface area contributed by atoms with Gasteiger partial charge in [-0.3, -0.25) is 14.9 Å². The van der Waals surface area contributed by atoms with Gasteiger partial charge in [0.25, 0.3) is 5.56 Å². The molecule has 30 heavy (non-hydrogen) atoms. The summed E-state index contributed by atoms with van der Waals surface area (Å²) in [6, 6.07) is 14.4. The van der Waals surface area contributed by atoms with E-state index in [-0.39, 0.29) is 18.1 Å². The van der Waals surface area contributed by atoms with E-state index in [1.807, 2.05) is 37.3 Å². The molecule has 2 amide bonds. The normalized spacial score (nSPS) is 10.6. The number of H-pyrrole nitrogens is 1. The highest BCUT2D eigenvalue weighted by Crippen LogP contribution is 2.14. The van der Waals surface area contributed by atoms with E-state index < -0.39 is 0 Å². The Morgan fingerprint density at radius 1 is 1.13 bits per heavy atom. The van der Waals surface area contributed by atoms with Crippen LogP contribution in [0.5, 0.6) is 0 Å². The Labute approximate surface area is 172 Å². The van der Waals surface area contributed by atoms with Crippen molar-refractivity contribution < 1.29 is 4.79 Å². The summed E-state index contributed by atoms with van der Waals surface area (Å²) in [5.41, 5.74) is 3.60. The Kier molecular flexibility index (Phi) is 5.38. The van der Waals surface area contributed by atoms with Gasteiger partial charge in [-0.2, -0.15) is 0 Å². The van der Waals surface area contributed by atoms with Crippen molar-refractivity contribution in [3.05, 3.63) is 94.8 Å². The second-order valence-electron chi connectivity index (χ2n) is 6.77. The summed E-state index contributed by atoms with van der Waals surface area (Å²) >= 11 is 0. The third-order valence-corrected chi connectivity index (χ3v) is 4.51. The minimum atomic E-state index is -0.310. The van der Waals surface area contributed by atoms with Crippen LogP contribution in [0.15, 0.2) is 78.1 Å². The molecule has 1 aromatic carbocycles. The fourth-order valence-corrected chi connectivity index (χ4v) is 3.04. The van der Waals surface area contributed by atoms with Crippen LogP contribution in [0.2, 0.25) is 0 Å². The van der Waals surface area contributed by atoms with Crippen LogP contribution in [-0.4, -0.2) is 25.8 Å². The van der Waals surface area contributed by atoms with Gasteiger partial charge in [0.2, 0.25) is 0 Å². The number of nitrogens with zero attached hydrogens (tertiary/aromatic N) is 3. The summed E-state index contributed by atoms with van der Waals surface area (Å²) in [7, 11) is 0. The average molecular weight is 400 g/mol. The van der Waals surface area contributed by atoms with Gasteiger partial charge in [-0.05, 0) is 48.4 Å². The molecule has 0 saturated carbocycles. The lowest BCUT2D eigenvalue weighted by Crippen LogP contribution is -2.28. The lowest BCUT2D eigenvalue weighted by molar-refractivity contribution is 0.251. The highest BCUT2D eigenvalue weighted by atomic mass is 16.2. The quantitative estimate of drug-likeness (QED) is 0.478. The minimum absolute atomic E-state index is 0.224. The third kappa shape index (κ3) is 4.27. The fraction of sp³-hybridized carbons (Fsp3) is 0.0909. The number of amides is 2. The molecule has 0 aliphatic heterocycles. The van der Waals surface area contributed by atoms with Gasteiger partial charge in [-0.15, -0.1) is 0 Å². The highest BCUT2D eigenvalue weighted by molar-refractivity contribution is 5.89. The lowest BCUT2D eigenvalue weighted by Gasteiger charge is -2.09. The molecule has 0 fully saturated rings. The van der Waals surface area contributed by atoms with E-state index in [9.17, 15) is 9.59 Å². The average Bonchev–Trinajstić information content (AvgIpc) is 3.14. The van der Waals surface area contributed by atoms with Gasteiger partial charge in [-0.25, -0.2) is 14.5 Å². The number of aryl methyl sites for hydroxylation is 1. The fourth-order valence-electron chi connectivity index (χ4n) is 3.04. The molecular formula is C22H20N6O2. The second-order valence-corrected chi connectivity index (χ2v) is 6.77. The van der Waals surface area contributed by atoms with Gasteiger partial charge < -0.3 is 10.6 Å². The summed E-state index contributed by atoms with van der Waals surface area (Å²) in [6.07, 6.45) is 6.51. The van der Waals surface area contributed by atoms with Crippen LogP contribution in [0.4, 0.5) is 10.5 Å². The van der Waals surface area contributed by atoms with Crippen molar-refractivity contribution in [2.45, 2.75) is 13.5 Å². The van der Waals surface area contributed by atoms with Crippen molar-refractivity contribution in [3.8, 4) is 16.9 Å². The van der Waals surface area contributed by atoms with Gasteiger partial charge >= 0.3 is 6.03 Å². The van der Waals surface area contributed by atoms with Crippen LogP contribution < -0.4 is 16.2 Å². The van der Waals surface area contributed by atoms with Gasteiger partial charge in [-0.1, -0.05) is 18.2 Å². The molecule has 3 aromatic heterocycles. The molecule has 0 spiro atoms. The zero-order valence-corrected chi connectivity index (χ0v) is 16.3. The minimum Gasteiger partial charge on any atom is -0.334 e. The highest BCUT2D eigenvalue weighted by Gasteiger charge is 2.11. The van der Waals surface area contributed by atoms with Crippen LogP contribution in [0, 0.1) is 6.92 Å². The van der Waals surface area contributed by atoms with Crippen LogP contribution in [0.1, 0.15) is 11.1 Å². The number of rotatable bonds is 5. The standard InChI is InChI=1S/C22H20N6O2/c1-15-4-2-6-18(10-15)27-22(30)25-12-16-7-9-24-20(11-16)28-21(29)19(14-26-28)17-5-3-8-23-13-17/h2-11,13-14,26H,12H2,1H3,(H2,25,27,30). The summed E-state index contributed by atoms with van der Waals surface area (Å²) in [5.74, 6) is 0.438. The first-order valence-electron chi connectivity index (χ1n) is 9.38. The first kappa shape index (κ1) is 19.1. The molecule has 3 heterocycles. The Hall–Kier alpha value is -4.20. The maximum atomic E-state index is 12.8. The number of pyridine rings is 2. The molecule has 0 saturated heterocycles. The van der Waals surface area contributed by atoms with Gasteiger partial charge in [0, 0.05) is 42.6 Å². The number of carbonyl (C=O) groups is 1. The molecule has 8 heteroatoms. The third-order valence-electron chi connectivity index (χ3n) is 4.51. The van der Waals surface area contributed by atoms with Crippen molar-refractivity contribution in [3.63, 3.8) is 0 Å². The van der Waals surface area contributed by atoms with Crippen LogP contribution in [-0.2, 0) is 6.54 Å². The molecular weight excluding hydrogens is 380 g/mol. The smallest absolute Gasteiger partial charge is 0.319 e. The summed E-state index contributed by atoms with van der Waals surface area (Å²) in [5, 5.41) is 8.54. The number of urea groups is 1. The SMILES string of the molecule is Cc1cccc(NC(=O)NCc2ccnc(-n3[nH]cc(-c4cccnc4)c3=O)c2)c1. The van der Waals surface area contributed by atoms with Crippen molar-refractivity contribution in [2.75, 3.05) is 5.32 Å². The largest absolute Gasteiger partial charge is 0.334 e.